The summed E-state index contributed by atoms with van der Waals surface area (Å²) >= 11 is 0. The highest BCUT2D eigenvalue weighted by molar-refractivity contribution is 6.48. The Morgan fingerprint density at radius 1 is 1.47 bits per heavy atom. The van der Waals surface area contributed by atoms with Crippen LogP contribution >= 0.6 is 0 Å². The van der Waals surface area contributed by atoms with Gasteiger partial charge in [-0.3, -0.25) is 4.79 Å². The van der Waals surface area contributed by atoms with Crippen LogP contribution in [0.15, 0.2) is 0 Å². The van der Waals surface area contributed by atoms with Gasteiger partial charge in [0.25, 0.3) is 0 Å². The molecule has 1 heterocycles. The van der Waals surface area contributed by atoms with Gasteiger partial charge in [0.1, 0.15) is 0 Å². The Balaban J connectivity index is 2.80. The van der Waals surface area contributed by atoms with Crippen molar-refractivity contribution in [2.75, 3.05) is 13.2 Å². The first kappa shape index (κ1) is 16.6. The van der Waals surface area contributed by atoms with Crippen LogP contribution in [-0.2, 0) is 14.0 Å². The number of carbonyl (C=O) groups excluding carboxylic acids is 1. The van der Waals surface area contributed by atoms with Gasteiger partial charge in [-0.25, -0.2) is 0 Å². The largest absolute Gasteiger partial charge is 0.395 e. The Morgan fingerprint density at radius 3 is 2.58 bits per heavy atom. The van der Waals surface area contributed by atoms with Gasteiger partial charge in [-0.15, -0.1) is 0 Å². The average Bonchev–Trinajstić information content (AvgIpc) is 2.57. The Bertz CT molecular complexity index is 304. The number of rotatable bonds is 6. The number of likely N-dealkylation sites (tertiary alicyclic amines) is 1. The Morgan fingerprint density at radius 2 is 2.11 bits per heavy atom. The zero-order chi connectivity index (χ0) is 14.6. The van der Waals surface area contributed by atoms with Crippen LogP contribution in [0, 0.1) is 0 Å². The average molecular weight is 288 g/mol. The summed E-state index contributed by atoms with van der Waals surface area (Å²) < 4.78 is 11.9. The Labute approximate surface area is 117 Å². The van der Waals surface area contributed by atoms with Crippen LogP contribution in [0.2, 0.25) is 13.1 Å². The molecule has 6 heteroatoms. The van der Waals surface area contributed by atoms with Crippen LogP contribution in [0.4, 0.5) is 0 Å². The number of aliphatic hydroxyl groups is 1. The predicted molar refractivity (Wildman–Crippen MR) is 75.0 cm³/mol. The maximum atomic E-state index is 11.8. The lowest BCUT2D eigenvalue weighted by molar-refractivity contribution is -0.183. The van der Waals surface area contributed by atoms with E-state index < -0.39 is 15.3 Å². The van der Waals surface area contributed by atoms with E-state index in [0.717, 1.165) is 6.42 Å². The van der Waals surface area contributed by atoms with Crippen molar-refractivity contribution in [3.8, 4) is 0 Å². The molecule has 1 radical (unpaired) electrons. The molecule has 0 spiro atoms. The minimum Gasteiger partial charge on any atom is -0.395 e. The molecule has 2 atom stereocenters. The first-order chi connectivity index (χ1) is 8.74. The van der Waals surface area contributed by atoms with E-state index in [2.05, 4.69) is 13.1 Å². The molecule has 0 bridgehead atoms. The van der Waals surface area contributed by atoms with E-state index in [1.54, 1.807) is 4.90 Å². The molecular formula is C13H26NO4Si. The van der Waals surface area contributed by atoms with Crippen molar-refractivity contribution in [1.82, 2.24) is 4.90 Å². The van der Waals surface area contributed by atoms with E-state index in [1.807, 2.05) is 20.8 Å². The topological polar surface area (TPSA) is 59.0 Å². The second kappa shape index (κ2) is 6.83. The summed E-state index contributed by atoms with van der Waals surface area (Å²) in [7, 11) is -0.922. The molecule has 1 aliphatic rings. The molecule has 0 saturated carbocycles. The molecule has 19 heavy (non-hydrogen) atoms. The minimum atomic E-state index is -0.922. The quantitative estimate of drug-likeness (QED) is 0.592. The minimum absolute atomic E-state index is 0.0272. The third-order valence-corrected chi connectivity index (χ3v) is 3.55. The highest BCUT2D eigenvalue weighted by atomic mass is 28.3. The molecule has 1 unspecified atom stereocenters. The van der Waals surface area contributed by atoms with Crippen molar-refractivity contribution in [2.45, 2.75) is 64.6 Å². The molecule has 111 valence electrons. The van der Waals surface area contributed by atoms with E-state index in [4.69, 9.17) is 14.3 Å². The maximum absolute atomic E-state index is 11.8. The van der Waals surface area contributed by atoms with Crippen LogP contribution < -0.4 is 0 Å². The number of amides is 1. The van der Waals surface area contributed by atoms with Crippen molar-refractivity contribution in [2.24, 2.45) is 0 Å². The number of β-amino-alcohol motifs (C(OH)–C–C–N with tert-alkyl or cyclic N) is 1. The molecule has 0 aromatic heterocycles. The smallest absolute Gasteiger partial charge is 0.223 e. The number of carbonyl (C=O) groups is 1. The molecule has 1 rings (SSSR count). The van der Waals surface area contributed by atoms with Crippen molar-refractivity contribution in [3.05, 3.63) is 0 Å². The monoisotopic (exact) mass is 288 g/mol. The van der Waals surface area contributed by atoms with Crippen molar-refractivity contribution < 1.29 is 19.1 Å². The predicted octanol–water partition coefficient (Wildman–Crippen LogP) is 1.38. The molecular weight excluding hydrogens is 262 g/mol. The van der Waals surface area contributed by atoms with Gasteiger partial charge in [-0.05, 0) is 40.3 Å². The first-order valence-electron chi connectivity index (χ1n) is 6.79. The van der Waals surface area contributed by atoms with Gasteiger partial charge in [0, 0.05) is 13.0 Å². The summed E-state index contributed by atoms with van der Waals surface area (Å²) in [5, 5.41) is 9.09. The van der Waals surface area contributed by atoms with Crippen LogP contribution in [0.25, 0.3) is 0 Å². The van der Waals surface area contributed by atoms with E-state index in [-0.39, 0.29) is 24.2 Å². The number of hydrogen-bond donors (Lipinski definition) is 1. The Kier molecular flexibility index (Phi) is 5.98. The van der Waals surface area contributed by atoms with Gasteiger partial charge >= 0.3 is 0 Å². The van der Waals surface area contributed by atoms with Gasteiger partial charge in [0.15, 0.2) is 6.29 Å². The van der Waals surface area contributed by atoms with Crippen LogP contribution in [-0.4, -0.2) is 56.0 Å². The SMILES string of the molecule is C[Si](C)OC(OC(C)(C)C)[C@H]1CCC(=O)N1CCO. The van der Waals surface area contributed by atoms with E-state index in [1.165, 1.54) is 0 Å². The second-order valence-electron chi connectivity index (χ2n) is 6.04. The maximum Gasteiger partial charge on any atom is 0.223 e. The standard InChI is InChI=1S/C13H26NO4Si/c1-13(2,3)17-12(18-19(4)5)10-6-7-11(16)14(10)8-9-15/h10,12,15H,6-9H2,1-5H3/t10-,12?/m1/s1. The van der Waals surface area contributed by atoms with E-state index in [9.17, 15) is 4.79 Å². The van der Waals surface area contributed by atoms with Crippen LogP contribution in [0.3, 0.4) is 0 Å². The molecule has 1 N–H and O–H groups in total. The summed E-state index contributed by atoms with van der Waals surface area (Å²) in [6.07, 6.45) is 0.837. The molecule has 1 amide bonds. The third kappa shape index (κ3) is 5.22. The summed E-state index contributed by atoms with van der Waals surface area (Å²) in [5.41, 5.74) is -0.321. The van der Waals surface area contributed by atoms with E-state index in [0.29, 0.717) is 13.0 Å². The highest BCUT2D eigenvalue weighted by Crippen LogP contribution is 2.26. The molecule has 0 aliphatic carbocycles. The van der Waals surface area contributed by atoms with Gasteiger partial charge in [-0.2, -0.15) is 0 Å². The van der Waals surface area contributed by atoms with Crippen LogP contribution in [0.5, 0.6) is 0 Å². The lowest BCUT2D eigenvalue weighted by atomic mass is 10.1. The molecule has 0 aromatic rings. The fourth-order valence-corrected chi connectivity index (χ4v) is 2.87. The van der Waals surface area contributed by atoms with Gasteiger partial charge in [0.05, 0.1) is 18.2 Å². The first-order valence-corrected chi connectivity index (χ1v) is 9.20. The second-order valence-corrected chi connectivity index (χ2v) is 8.09. The number of nitrogens with zero attached hydrogens (tertiary/aromatic N) is 1. The van der Waals surface area contributed by atoms with Gasteiger partial charge in [-0.1, -0.05) is 0 Å². The van der Waals surface area contributed by atoms with Crippen molar-refractivity contribution >= 4 is 14.9 Å². The summed E-state index contributed by atoms with van der Waals surface area (Å²) in [6.45, 7) is 10.4. The molecule has 1 aliphatic heterocycles. The lowest BCUT2D eigenvalue weighted by Gasteiger charge is -2.36. The normalized spacial score (nSPS) is 22.4. The fourth-order valence-electron chi connectivity index (χ4n) is 2.20. The summed E-state index contributed by atoms with van der Waals surface area (Å²) in [4.78, 5) is 13.5. The summed E-state index contributed by atoms with van der Waals surface area (Å²) in [5.74, 6) is 0.0751. The number of hydrogen-bond acceptors (Lipinski definition) is 4. The molecule has 1 saturated heterocycles. The Hall–Kier alpha value is -0.433. The van der Waals surface area contributed by atoms with E-state index >= 15 is 0 Å². The van der Waals surface area contributed by atoms with Crippen LogP contribution in [0.1, 0.15) is 33.6 Å². The third-order valence-electron chi connectivity index (χ3n) is 2.85. The zero-order valence-corrected chi connectivity index (χ0v) is 13.6. The molecule has 1 fully saturated rings. The molecule has 0 aromatic carbocycles. The molecule has 5 nitrogen and oxygen atoms in total. The van der Waals surface area contributed by atoms with Crippen molar-refractivity contribution in [1.29, 1.82) is 0 Å². The van der Waals surface area contributed by atoms with Gasteiger partial charge in [0.2, 0.25) is 14.9 Å². The van der Waals surface area contributed by atoms with Gasteiger partial charge < -0.3 is 19.2 Å². The number of aliphatic hydroxyl groups excluding tert-OH is 1. The highest BCUT2D eigenvalue weighted by Gasteiger charge is 2.39. The number of ether oxygens (including phenoxy) is 1. The zero-order valence-electron chi connectivity index (χ0n) is 12.6. The van der Waals surface area contributed by atoms with Crippen molar-refractivity contribution in [3.63, 3.8) is 0 Å². The fraction of sp³-hybridized carbons (Fsp3) is 0.923. The lowest BCUT2D eigenvalue weighted by Crippen LogP contribution is -2.48. The summed E-state index contributed by atoms with van der Waals surface area (Å²) in [6, 6.07) is -0.0845.